The Hall–Kier alpha value is -0.0400. The van der Waals surface area contributed by atoms with E-state index in [1.807, 2.05) is 0 Å². The molecule has 0 radical (unpaired) electrons. The molecule has 0 bridgehead atoms. The van der Waals surface area contributed by atoms with Gasteiger partial charge < -0.3 is 0 Å². The number of halogens is 1. The molecule has 0 aromatic carbocycles. The van der Waals surface area contributed by atoms with Gasteiger partial charge >= 0.3 is 0 Å². The molecule has 0 aliphatic rings. The second-order valence-electron chi connectivity index (χ2n) is 1.01. The maximum atomic E-state index is 3.59. The van der Waals surface area contributed by atoms with Gasteiger partial charge in [0.15, 0.2) is 0 Å². The molecule has 0 aliphatic heterocycles. The molecule has 0 heterocycles. The summed E-state index contributed by atoms with van der Waals surface area (Å²) in [5, 5.41) is 0. The van der Waals surface area contributed by atoms with Crippen LogP contribution in [0.25, 0.3) is 0 Å². The van der Waals surface area contributed by atoms with Crippen LogP contribution in [0.5, 0.6) is 0 Å². The highest BCUT2D eigenvalue weighted by Gasteiger charge is 1.74. The highest BCUT2D eigenvalue weighted by molar-refractivity contribution is 9.11. The maximum Gasteiger partial charge on any atom is -0.00396 e. The van der Waals surface area contributed by atoms with Crippen molar-refractivity contribution in [2.75, 3.05) is 0 Å². The van der Waals surface area contributed by atoms with Crippen molar-refractivity contribution in [3.8, 4) is 0 Å². The largest absolute Gasteiger partial charge is 0.103 e. The van der Waals surface area contributed by atoms with E-state index in [-0.39, 0.29) is 0 Å². The number of hydrogen-bond donors (Lipinski definition) is 0. The first-order valence-electron chi connectivity index (χ1n) is 1.71. The molecular formula is C5H7Br. The normalized spacial score (nSPS) is 7.50. The molecule has 0 aromatic heterocycles. The van der Waals surface area contributed by atoms with E-state index in [0.29, 0.717) is 0 Å². The molecule has 1 heteroatoms. The minimum absolute atomic E-state index is 0.861. The van der Waals surface area contributed by atoms with Crippen molar-refractivity contribution < 1.29 is 0 Å². The highest BCUT2D eigenvalue weighted by Crippen LogP contribution is 2.04. The minimum Gasteiger partial charge on any atom is -0.103 e. The molecule has 34 valence electrons. The molecule has 0 aromatic rings. The Morgan fingerprint density at radius 2 is 2.33 bits per heavy atom. The summed E-state index contributed by atoms with van der Waals surface area (Å²) in [5.74, 6) is 0. The van der Waals surface area contributed by atoms with E-state index >= 15 is 0 Å². The van der Waals surface area contributed by atoms with Crippen LogP contribution in [-0.2, 0) is 0 Å². The van der Waals surface area contributed by atoms with Gasteiger partial charge in [-0.2, -0.15) is 0 Å². The summed E-state index contributed by atoms with van der Waals surface area (Å²) in [6, 6.07) is 0. The number of rotatable bonds is 2. The fourth-order valence-electron chi connectivity index (χ4n) is 0.157. The molecule has 0 atom stereocenters. The SMILES string of the molecule is C=CCC(=C)Br. The third-order valence-corrected chi connectivity index (χ3v) is 0.690. The molecule has 0 rings (SSSR count). The molecule has 0 saturated heterocycles. The van der Waals surface area contributed by atoms with Gasteiger partial charge in [0.25, 0.3) is 0 Å². The maximum absolute atomic E-state index is 3.59. The smallest absolute Gasteiger partial charge is 0.00396 e. The number of hydrogen-bond acceptors (Lipinski definition) is 0. The molecule has 6 heavy (non-hydrogen) atoms. The van der Waals surface area contributed by atoms with E-state index in [0.717, 1.165) is 10.9 Å². The third-order valence-electron chi connectivity index (χ3n) is 0.366. The molecule has 0 N–H and O–H groups in total. The Labute approximate surface area is 46.7 Å². The van der Waals surface area contributed by atoms with Crippen molar-refractivity contribution in [2.24, 2.45) is 0 Å². The number of allylic oxidation sites excluding steroid dienone is 2. The molecule has 0 amide bonds. The second kappa shape index (κ2) is 3.16. The lowest BCUT2D eigenvalue weighted by Gasteiger charge is -1.80. The topological polar surface area (TPSA) is 0 Å². The Balaban J connectivity index is 3.05. The van der Waals surface area contributed by atoms with E-state index in [1.165, 1.54) is 0 Å². The van der Waals surface area contributed by atoms with Crippen LogP contribution in [0.3, 0.4) is 0 Å². The lowest BCUT2D eigenvalue weighted by molar-refractivity contribution is 1.40. The summed E-state index contributed by atoms with van der Waals surface area (Å²) < 4.78 is 0.984. The zero-order valence-electron chi connectivity index (χ0n) is 3.58. The molecule has 0 unspecified atom stereocenters. The first-order chi connectivity index (χ1) is 2.77. The first kappa shape index (κ1) is 5.96. The van der Waals surface area contributed by atoms with Gasteiger partial charge in [0, 0.05) is 0 Å². The van der Waals surface area contributed by atoms with E-state index in [9.17, 15) is 0 Å². The van der Waals surface area contributed by atoms with E-state index in [2.05, 4.69) is 29.1 Å². The summed E-state index contributed by atoms with van der Waals surface area (Å²) in [7, 11) is 0. The van der Waals surface area contributed by atoms with E-state index < -0.39 is 0 Å². The van der Waals surface area contributed by atoms with Crippen molar-refractivity contribution in [1.29, 1.82) is 0 Å². The summed E-state index contributed by atoms with van der Waals surface area (Å²) in [4.78, 5) is 0. The minimum atomic E-state index is 0.861. The van der Waals surface area contributed by atoms with Crippen molar-refractivity contribution in [2.45, 2.75) is 6.42 Å². The van der Waals surface area contributed by atoms with Crippen molar-refractivity contribution in [3.05, 3.63) is 23.7 Å². The van der Waals surface area contributed by atoms with Crippen molar-refractivity contribution >= 4 is 15.9 Å². The monoisotopic (exact) mass is 146 g/mol. The van der Waals surface area contributed by atoms with E-state index in [1.54, 1.807) is 6.08 Å². The van der Waals surface area contributed by atoms with Gasteiger partial charge in [0.1, 0.15) is 0 Å². The molecule has 0 fully saturated rings. The van der Waals surface area contributed by atoms with Crippen LogP contribution in [0.2, 0.25) is 0 Å². The zero-order valence-corrected chi connectivity index (χ0v) is 5.16. The Bertz CT molecular complexity index is 64.3. The lowest BCUT2D eigenvalue weighted by atomic mass is 10.4. The Morgan fingerprint density at radius 3 is 2.33 bits per heavy atom. The molecular weight excluding hydrogens is 140 g/mol. The highest BCUT2D eigenvalue weighted by atomic mass is 79.9. The molecule has 0 nitrogen and oxygen atoms in total. The standard InChI is InChI=1S/C5H7Br/c1-3-4-5(2)6/h3H,1-2,4H2. The fraction of sp³-hybridized carbons (Fsp3) is 0.200. The van der Waals surface area contributed by atoms with Crippen LogP contribution < -0.4 is 0 Å². The summed E-state index contributed by atoms with van der Waals surface area (Å²) >= 11 is 3.17. The third kappa shape index (κ3) is 3.96. The van der Waals surface area contributed by atoms with Crippen LogP contribution in [0, 0.1) is 0 Å². The van der Waals surface area contributed by atoms with Gasteiger partial charge in [0.2, 0.25) is 0 Å². The van der Waals surface area contributed by atoms with Gasteiger partial charge in [-0.3, -0.25) is 0 Å². The van der Waals surface area contributed by atoms with Gasteiger partial charge in [-0.15, -0.1) is 6.58 Å². The predicted molar refractivity (Wildman–Crippen MR) is 32.9 cm³/mol. The van der Waals surface area contributed by atoms with Crippen LogP contribution in [0.4, 0.5) is 0 Å². The van der Waals surface area contributed by atoms with Gasteiger partial charge in [-0.1, -0.05) is 28.6 Å². The quantitative estimate of drug-likeness (QED) is 0.526. The van der Waals surface area contributed by atoms with Crippen LogP contribution in [0.15, 0.2) is 23.7 Å². The zero-order chi connectivity index (χ0) is 4.99. The van der Waals surface area contributed by atoms with Crippen LogP contribution in [-0.4, -0.2) is 0 Å². The fourth-order valence-corrected chi connectivity index (χ4v) is 0.386. The first-order valence-corrected chi connectivity index (χ1v) is 2.51. The van der Waals surface area contributed by atoms with E-state index in [4.69, 9.17) is 0 Å². The Morgan fingerprint density at radius 1 is 1.83 bits per heavy atom. The average Bonchev–Trinajstić information content (AvgIpc) is 1.35. The lowest BCUT2D eigenvalue weighted by Crippen LogP contribution is -1.56. The van der Waals surface area contributed by atoms with Gasteiger partial charge in [-0.05, 0) is 10.9 Å². The molecule has 0 aliphatic carbocycles. The van der Waals surface area contributed by atoms with Gasteiger partial charge in [0.05, 0.1) is 0 Å². The summed E-state index contributed by atoms with van der Waals surface area (Å²) in [6.07, 6.45) is 2.66. The van der Waals surface area contributed by atoms with Crippen molar-refractivity contribution in [3.63, 3.8) is 0 Å². The van der Waals surface area contributed by atoms with Crippen molar-refractivity contribution in [1.82, 2.24) is 0 Å². The summed E-state index contributed by atoms with van der Waals surface area (Å²) in [6.45, 7) is 7.10. The van der Waals surface area contributed by atoms with Crippen LogP contribution in [0.1, 0.15) is 6.42 Å². The predicted octanol–water partition coefficient (Wildman–Crippen LogP) is 2.47. The Kier molecular flexibility index (Phi) is 3.14. The molecule has 0 spiro atoms. The van der Waals surface area contributed by atoms with Gasteiger partial charge in [-0.25, -0.2) is 0 Å². The van der Waals surface area contributed by atoms with Crippen LogP contribution >= 0.6 is 15.9 Å². The summed E-state index contributed by atoms with van der Waals surface area (Å²) in [5.41, 5.74) is 0. The average molecular weight is 147 g/mol. The molecule has 0 saturated carbocycles. The second-order valence-corrected chi connectivity index (χ2v) is 2.13.